The number of aromatic nitrogens is 1. The van der Waals surface area contributed by atoms with E-state index in [9.17, 15) is 4.79 Å². The maximum Gasteiger partial charge on any atom is 0.228 e. The molecule has 0 radical (unpaired) electrons. The van der Waals surface area contributed by atoms with Crippen molar-refractivity contribution < 1.29 is 4.79 Å². The summed E-state index contributed by atoms with van der Waals surface area (Å²) in [5.74, 6) is 0.00811. The summed E-state index contributed by atoms with van der Waals surface area (Å²) in [5.41, 5.74) is 4.71. The molecule has 3 nitrogen and oxygen atoms in total. The Balaban J connectivity index is 1.67. The fraction of sp³-hybridized carbons (Fsp3) is 0.294. The van der Waals surface area contributed by atoms with Crippen LogP contribution in [0.25, 0.3) is 0 Å². The summed E-state index contributed by atoms with van der Waals surface area (Å²) in [6.07, 6.45) is 8.64. The second kappa shape index (κ2) is 5.87. The van der Waals surface area contributed by atoms with Crippen LogP contribution in [0, 0.1) is 0 Å². The number of fused-ring (bicyclic) bond motifs is 1. The second-order valence-corrected chi connectivity index (χ2v) is 5.28. The number of benzene rings is 1. The smallest absolute Gasteiger partial charge is 0.228 e. The van der Waals surface area contributed by atoms with Crippen molar-refractivity contribution in [2.45, 2.75) is 32.1 Å². The third kappa shape index (κ3) is 3.05. The summed E-state index contributed by atoms with van der Waals surface area (Å²) < 4.78 is 0. The highest BCUT2D eigenvalue weighted by Crippen LogP contribution is 2.22. The lowest BCUT2D eigenvalue weighted by atomic mass is 9.90. The van der Waals surface area contributed by atoms with E-state index in [2.05, 4.69) is 28.5 Å². The predicted octanol–water partition coefficient (Wildman–Crippen LogP) is 3.14. The van der Waals surface area contributed by atoms with E-state index in [1.165, 1.54) is 30.4 Å². The highest BCUT2D eigenvalue weighted by Gasteiger charge is 2.11. The number of hydrogen-bond acceptors (Lipinski definition) is 2. The number of carbonyl (C=O) groups is 1. The number of nitrogens with zero attached hydrogens (tertiary/aromatic N) is 1. The number of aryl methyl sites for hydroxylation is 2. The van der Waals surface area contributed by atoms with Gasteiger partial charge in [-0.25, -0.2) is 0 Å². The van der Waals surface area contributed by atoms with Crippen LogP contribution in [0.5, 0.6) is 0 Å². The molecule has 1 amide bonds. The summed E-state index contributed by atoms with van der Waals surface area (Å²) in [6.45, 7) is 0. The average Bonchev–Trinajstić information content (AvgIpc) is 2.48. The summed E-state index contributed by atoms with van der Waals surface area (Å²) in [7, 11) is 0. The van der Waals surface area contributed by atoms with Gasteiger partial charge in [0.1, 0.15) is 0 Å². The molecule has 1 aliphatic carbocycles. The molecule has 3 rings (SSSR count). The molecule has 1 aliphatic rings. The Hall–Kier alpha value is -2.16. The van der Waals surface area contributed by atoms with Crippen LogP contribution in [0.15, 0.2) is 42.7 Å². The largest absolute Gasteiger partial charge is 0.324 e. The van der Waals surface area contributed by atoms with Crippen LogP contribution in [0.3, 0.4) is 0 Å². The van der Waals surface area contributed by atoms with Gasteiger partial charge in [0.15, 0.2) is 0 Å². The Morgan fingerprint density at radius 3 is 2.80 bits per heavy atom. The Morgan fingerprint density at radius 1 is 1.15 bits per heavy atom. The summed E-state index contributed by atoms with van der Waals surface area (Å²) >= 11 is 0. The molecule has 0 spiro atoms. The first-order chi connectivity index (χ1) is 9.81. The first-order valence-corrected chi connectivity index (χ1v) is 7.12. The molecule has 102 valence electrons. The monoisotopic (exact) mass is 266 g/mol. The lowest BCUT2D eigenvalue weighted by molar-refractivity contribution is -0.115. The molecule has 1 aromatic heterocycles. The minimum atomic E-state index is 0.00811. The average molecular weight is 266 g/mol. The van der Waals surface area contributed by atoms with Crippen LogP contribution in [-0.4, -0.2) is 10.9 Å². The molecule has 0 atom stereocenters. The van der Waals surface area contributed by atoms with Crippen molar-refractivity contribution in [2.75, 3.05) is 5.32 Å². The van der Waals surface area contributed by atoms with Gasteiger partial charge in [-0.2, -0.15) is 0 Å². The van der Waals surface area contributed by atoms with Crippen LogP contribution in [0.4, 0.5) is 5.69 Å². The van der Waals surface area contributed by atoms with E-state index in [0.29, 0.717) is 6.42 Å². The summed E-state index contributed by atoms with van der Waals surface area (Å²) in [5, 5.41) is 2.87. The number of anilines is 1. The quantitative estimate of drug-likeness (QED) is 0.927. The van der Waals surface area contributed by atoms with E-state index in [-0.39, 0.29) is 5.91 Å². The fourth-order valence-electron chi connectivity index (χ4n) is 2.72. The van der Waals surface area contributed by atoms with Gasteiger partial charge in [-0.1, -0.05) is 18.2 Å². The molecule has 0 bridgehead atoms. The van der Waals surface area contributed by atoms with Gasteiger partial charge in [-0.15, -0.1) is 0 Å². The van der Waals surface area contributed by atoms with E-state index in [1.807, 2.05) is 12.1 Å². The summed E-state index contributed by atoms with van der Waals surface area (Å²) in [6, 6.07) is 10.1. The number of rotatable bonds is 3. The van der Waals surface area contributed by atoms with E-state index >= 15 is 0 Å². The van der Waals surface area contributed by atoms with Crippen LogP contribution in [-0.2, 0) is 24.1 Å². The number of hydrogen-bond donors (Lipinski definition) is 1. The third-order valence-electron chi connectivity index (χ3n) is 3.72. The molecule has 3 heteroatoms. The van der Waals surface area contributed by atoms with Gasteiger partial charge >= 0.3 is 0 Å². The lowest BCUT2D eigenvalue weighted by Crippen LogP contribution is -2.15. The van der Waals surface area contributed by atoms with Crippen LogP contribution in [0.2, 0.25) is 0 Å². The number of carbonyl (C=O) groups excluding carboxylic acids is 1. The van der Waals surface area contributed by atoms with Crippen molar-refractivity contribution in [3.63, 3.8) is 0 Å². The molecular weight excluding hydrogens is 248 g/mol. The molecule has 20 heavy (non-hydrogen) atoms. The molecule has 0 unspecified atom stereocenters. The molecule has 0 aliphatic heterocycles. The molecule has 1 aromatic carbocycles. The standard InChI is InChI=1S/C17H18N2O/c20-17(19-16-6-3-9-18-12-16)11-13-7-8-14-4-1-2-5-15(14)10-13/h3,6-10,12H,1-2,4-5,11H2,(H,19,20). The lowest BCUT2D eigenvalue weighted by Gasteiger charge is -2.16. The molecule has 1 heterocycles. The Bertz CT molecular complexity index is 608. The van der Waals surface area contributed by atoms with Gasteiger partial charge in [-0.05, 0) is 54.5 Å². The summed E-state index contributed by atoms with van der Waals surface area (Å²) in [4.78, 5) is 16.0. The molecule has 1 N–H and O–H groups in total. The molecule has 0 saturated carbocycles. The first-order valence-electron chi connectivity index (χ1n) is 7.12. The molecule has 0 saturated heterocycles. The van der Waals surface area contributed by atoms with E-state index in [4.69, 9.17) is 0 Å². The Morgan fingerprint density at radius 2 is 2.00 bits per heavy atom. The normalized spacial score (nSPS) is 13.6. The van der Waals surface area contributed by atoms with Crippen LogP contribution < -0.4 is 5.32 Å². The second-order valence-electron chi connectivity index (χ2n) is 5.28. The molecular formula is C17H18N2O. The Labute approximate surface area is 119 Å². The maximum atomic E-state index is 12.0. The first kappa shape index (κ1) is 12.9. The van der Waals surface area contributed by atoms with Gasteiger partial charge in [0.2, 0.25) is 5.91 Å². The number of pyridine rings is 1. The van der Waals surface area contributed by atoms with E-state index < -0.39 is 0 Å². The van der Waals surface area contributed by atoms with Crippen LogP contribution in [0.1, 0.15) is 29.5 Å². The van der Waals surface area contributed by atoms with E-state index in [1.54, 1.807) is 12.4 Å². The molecule has 0 fully saturated rings. The SMILES string of the molecule is O=C(Cc1ccc2c(c1)CCCC2)Nc1cccnc1. The molecule has 2 aromatic rings. The highest BCUT2D eigenvalue weighted by atomic mass is 16.1. The Kier molecular flexibility index (Phi) is 3.77. The van der Waals surface area contributed by atoms with Crippen molar-refractivity contribution in [1.29, 1.82) is 0 Å². The van der Waals surface area contributed by atoms with Gasteiger partial charge in [-0.3, -0.25) is 9.78 Å². The van der Waals surface area contributed by atoms with Crippen molar-refractivity contribution >= 4 is 11.6 Å². The number of amides is 1. The topological polar surface area (TPSA) is 42.0 Å². The van der Waals surface area contributed by atoms with Gasteiger partial charge < -0.3 is 5.32 Å². The zero-order valence-electron chi connectivity index (χ0n) is 11.4. The minimum absolute atomic E-state index is 0.00811. The van der Waals surface area contributed by atoms with E-state index in [0.717, 1.165) is 17.7 Å². The van der Waals surface area contributed by atoms with Gasteiger partial charge in [0, 0.05) is 6.20 Å². The van der Waals surface area contributed by atoms with Gasteiger partial charge in [0.05, 0.1) is 18.3 Å². The van der Waals surface area contributed by atoms with Gasteiger partial charge in [0.25, 0.3) is 0 Å². The van der Waals surface area contributed by atoms with Crippen molar-refractivity contribution in [3.05, 3.63) is 59.4 Å². The predicted molar refractivity (Wildman–Crippen MR) is 79.7 cm³/mol. The maximum absolute atomic E-state index is 12.0. The zero-order valence-corrected chi connectivity index (χ0v) is 11.4. The minimum Gasteiger partial charge on any atom is -0.324 e. The third-order valence-corrected chi connectivity index (χ3v) is 3.72. The fourth-order valence-corrected chi connectivity index (χ4v) is 2.72. The van der Waals surface area contributed by atoms with Crippen molar-refractivity contribution in [2.24, 2.45) is 0 Å². The van der Waals surface area contributed by atoms with Crippen molar-refractivity contribution in [1.82, 2.24) is 4.98 Å². The van der Waals surface area contributed by atoms with Crippen LogP contribution >= 0.6 is 0 Å². The highest BCUT2D eigenvalue weighted by molar-refractivity contribution is 5.92. The number of nitrogens with one attached hydrogen (secondary N) is 1. The van der Waals surface area contributed by atoms with Crippen molar-refractivity contribution in [3.8, 4) is 0 Å². The zero-order chi connectivity index (χ0) is 13.8.